The van der Waals surface area contributed by atoms with Gasteiger partial charge in [0, 0.05) is 25.7 Å². The Hall–Kier alpha value is -1.52. The van der Waals surface area contributed by atoms with Crippen LogP contribution in [0.3, 0.4) is 0 Å². The van der Waals surface area contributed by atoms with Crippen molar-refractivity contribution in [2.75, 3.05) is 13.6 Å². The zero-order valence-electron chi connectivity index (χ0n) is 17.9. The number of alkyl carbamates (subject to hydrolysis) is 1. The summed E-state index contributed by atoms with van der Waals surface area (Å²) in [6.45, 7) is 10.7. The molecular weight excluding hydrogens is 473 g/mol. The van der Waals surface area contributed by atoms with Crippen LogP contribution in [-0.4, -0.2) is 42.4 Å². The summed E-state index contributed by atoms with van der Waals surface area (Å²) in [6, 6.07) is 1.98. The van der Waals surface area contributed by atoms with E-state index in [2.05, 4.69) is 33.0 Å². The molecule has 1 heterocycles. The van der Waals surface area contributed by atoms with Gasteiger partial charge in [0.1, 0.15) is 5.60 Å². The third kappa shape index (κ3) is 11.4. The van der Waals surface area contributed by atoms with E-state index in [1.807, 2.05) is 33.8 Å². The molecule has 0 spiro atoms. The van der Waals surface area contributed by atoms with E-state index in [4.69, 9.17) is 9.26 Å². The molecule has 0 radical (unpaired) electrons. The minimum atomic E-state index is -0.511. The Labute approximate surface area is 185 Å². The third-order valence-corrected chi connectivity index (χ3v) is 3.76. The van der Waals surface area contributed by atoms with Crippen molar-refractivity contribution in [3.05, 3.63) is 17.5 Å². The molecular formula is C19H36IN5O3. The number of hydrogen-bond acceptors (Lipinski definition) is 5. The summed E-state index contributed by atoms with van der Waals surface area (Å²) in [4.78, 5) is 16.2. The molecule has 0 fully saturated rings. The van der Waals surface area contributed by atoms with Crippen molar-refractivity contribution in [2.45, 2.75) is 78.5 Å². The van der Waals surface area contributed by atoms with Crippen LogP contribution in [0.5, 0.6) is 0 Å². The van der Waals surface area contributed by atoms with Gasteiger partial charge in [-0.2, -0.15) is 0 Å². The minimum Gasteiger partial charge on any atom is -0.444 e. The lowest BCUT2D eigenvalue weighted by Crippen LogP contribution is -2.48. The number of carbonyl (C=O) groups excluding carboxylic acids is 1. The van der Waals surface area contributed by atoms with Gasteiger partial charge in [-0.15, -0.1) is 24.0 Å². The second-order valence-corrected chi connectivity index (χ2v) is 7.43. The average molecular weight is 509 g/mol. The molecule has 0 aliphatic carbocycles. The number of ether oxygens (including phenoxy) is 1. The Morgan fingerprint density at radius 1 is 1.32 bits per heavy atom. The van der Waals surface area contributed by atoms with Gasteiger partial charge >= 0.3 is 6.09 Å². The summed E-state index contributed by atoms with van der Waals surface area (Å²) in [6.07, 6.45) is 3.46. The molecule has 1 atom stereocenters. The van der Waals surface area contributed by atoms with Crippen molar-refractivity contribution in [1.82, 2.24) is 21.1 Å². The summed E-state index contributed by atoms with van der Waals surface area (Å²) >= 11 is 0. The van der Waals surface area contributed by atoms with Crippen LogP contribution >= 0.6 is 24.0 Å². The maximum absolute atomic E-state index is 11.9. The Balaban J connectivity index is 0.00000729. The van der Waals surface area contributed by atoms with Gasteiger partial charge in [0.15, 0.2) is 11.7 Å². The Morgan fingerprint density at radius 3 is 2.57 bits per heavy atom. The van der Waals surface area contributed by atoms with Gasteiger partial charge in [0.25, 0.3) is 0 Å². The average Bonchev–Trinajstić information content (AvgIpc) is 3.07. The maximum Gasteiger partial charge on any atom is 0.407 e. The number of rotatable bonds is 9. The van der Waals surface area contributed by atoms with Crippen molar-refractivity contribution < 1.29 is 14.1 Å². The highest BCUT2D eigenvalue weighted by Gasteiger charge is 2.18. The molecule has 0 saturated carbocycles. The second kappa shape index (κ2) is 13.6. The fourth-order valence-corrected chi connectivity index (χ4v) is 2.36. The van der Waals surface area contributed by atoms with Crippen LogP contribution in [0.1, 0.15) is 65.3 Å². The lowest BCUT2D eigenvalue weighted by Gasteiger charge is -2.24. The van der Waals surface area contributed by atoms with Crippen LogP contribution in [-0.2, 0) is 17.7 Å². The van der Waals surface area contributed by atoms with Gasteiger partial charge in [0.2, 0.25) is 0 Å². The van der Waals surface area contributed by atoms with Gasteiger partial charge in [-0.3, -0.25) is 4.99 Å². The van der Waals surface area contributed by atoms with Crippen LogP contribution < -0.4 is 16.0 Å². The van der Waals surface area contributed by atoms with Crippen molar-refractivity contribution in [1.29, 1.82) is 0 Å². The van der Waals surface area contributed by atoms with Crippen molar-refractivity contribution in [3.63, 3.8) is 0 Å². The van der Waals surface area contributed by atoms with E-state index < -0.39 is 11.7 Å². The van der Waals surface area contributed by atoms with Gasteiger partial charge in [-0.1, -0.05) is 31.8 Å². The molecule has 0 aliphatic heterocycles. The van der Waals surface area contributed by atoms with Gasteiger partial charge < -0.3 is 25.2 Å². The number of halogens is 1. The molecule has 3 N–H and O–H groups in total. The van der Waals surface area contributed by atoms with Gasteiger partial charge in [-0.25, -0.2) is 4.79 Å². The summed E-state index contributed by atoms with van der Waals surface area (Å²) in [5.74, 6) is 1.41. The molecule has 8 nitrogen and oxygen atoms in total. The molecule has 0 aliphatic rings. The molecule has 1 amide bonds. The number of aromatic nitrogens is 1. The Kier molecular flexibility index (Phi) is 12.9. The van der Waals surface area contributed by atoms with E-state index in [9.17, 15) is 4.79 Å². The lowest BCUT2D eigenvalue weighted by atomic mass is 10.1. The van der Waals surface area contributed by atoms with E-state index in [1.165, 1.54) is 0 Å². The molecule has 0 bridgehead atoms. The molecule has 1 aromatic rings. The Morgan fingerprint density at radius 2 is 2.04 bits per heavy atom. The van der Waals surface area contributed by atoms with Crippen LogP contribution in [0.2, 0.25) is 0 Å². The molecule has 1 rings (SSSR count). The fraction of sp³-hybridized carbons (Fsp3) is 0.737. The first kappa shape index (κ1) is 26.5. The first-order valence-corrected chi connectivity index (χ1v) is 9.65. The number of aliphatic imine (C=N–C) groups is 1. The normalized spacial score (nSPS) is 12.7. The number of unbranched alkanes of at least 4 members (excludes halogenated alkanes) is 1. The highest BCUT2D eigenvalue weighted by atomic mass is 127. The van der Waals surface area contributed by atoms with E-state index in [-0.39, 0.29) is 30.0 Å². The molecule has 162 valence electrons. The molecule has 9 heteroatoms. The highest BCUT2D eigenvalue weighted by Crippen LogP contribution is 2.07. The summed E-state index contributed by atoms with van der Waals surface area (Å²) in [5, 5.41) is 13.4. The minimum absolute atomic E-state index is 0. The molecule has 28 heavy (non-hydrogen) atoms. The molecule has 0 saturated heterocycles. The highest BCUT2D eigenvalue weighted by molar-refractivity contribution is 14.0. The van der Waals surface area contributed by atoms with Gasteiger partial charge in [0.05, 0.1) is 12.2 Å². The number of guanidine groups is 1. The first-order chi connectivity index (χ1) is 12.8. The molecule has 1 unspecified atom stereocenters. The monoisotopic (exact) mass is 509 g/mol. The zero-order chi connectivity index (χ0) is 20.3. The standard InChI is InChI=1S/C19H35N5O3.HI/c1-7-9-10-15(12-22-18(25)26-19(3,4)5)23-17(20-6)21-13-16-11-14(8-2)24-27-16;/h11,15H,7-10,12-13H2,1-6H3,(H,22,25)(H2,20,21,23);1H. The van der Waals surface area contributed by atoms with E-state index >= 15 is 0 Å². The van der Waals surface area contributed by atoms with Crippen molar-refractivity contribution in [3.8, 4) is 0 Å². The summed E-state index contributed by atoms with van der Waals surface area (Å²) < 4.78 is 10.6. The van der Waals surface area contributed by atoms with Crippen LogP contribution in [0.15, 0.2) is 15.6 Å². The van der Waals surface area contributed by atoms with Crippen LogP contribution in [0, 0.1) is 0 Å². The SMILES string of the molecule is CCCCC(CNC(=O)OC(C)(C)C)NC(=NC)NCc1cc(CC)no1.I. The first-order valence-electron chi connectivity index (χ1n) is 9.65. The quantitative estimate of drug-likeness (QED) is 0.267. The largest absolute Gasteiger partial charge is 0.444 e. The van der Waals surface area contributed by atoms with Crippen LogP contribution in [0.4, 0.5) is 4.79 Å². The van der Waals surface area contributed by atoms with E-state index in [1.54, 1.807) is 7.05 Å². The number of nitrogens with zero attached hydrogens (tertiary/aromatic N) is 2. The predicted octanol–water partition coefficient (Wildman–Crippen LogP) is 3.60. The topological polar surface area (TPSA) is 101 Å². The third-order valence-electron chi connectivity index (χ3n) is 3.76. The molecule has 0 aromatic carbocycles. The summed E-state index contributed by atoms with van der Waals surface area (Å²) in [7, 11) is 1.71. The Bertz CT molecular complexity index is 599. The fourth-order valence-electron chi connectivity index (χ4n) is 2.36. The van der Waals surface area contributed by atoms with E-state index in [0.29, 0.717) is 19.0 Å². The number of hydrogen-bond donors (Lipinski definition) is 3. The maximum atomic E-state index is 11.9. The second-order valence-electron chi connectivity index (χ2n) is 7.43. The number of nitrogens with one attached hydrogen (secondary N) is 3. The lowest BCUT2D eigenvalue weighted by molar-refractivity contribution is 0.0523. The van der Waals surface area contributed by atoms with Crippen molar-refractivity contribution in [2.24, 2.45) is 4.99 Å². The molecule has 1 aromatic heterocycles. The number of aryl methyl sites for hydroxylation is 1. The number of amides is 1. The zero-order valence-corrected chi connectivity index (χ0v) is 20.3. The summed E-state index contributed by atoms with van der Waals surface area (Å²) in [5.41, 5.74) is 0.416. The smallest absolute Gasteiger partial charge is 0.407 e. The number of carbonyl (C=O) groups is 1. The van der Waals surface area contributed by atoms with Gasteiger partial charge in [-0.05, 0) is 33.6 Å². The van der Waals surface area contributed by atoms with Crippen molar-refractivity contribution >= 4 is 36.0 Å². The van der Waals surface area contributed by atoms with Crippen LogP contribution in [0.25, 0.3) is 0 Å². The van der Waals surface area contributed by atoms with E-state index in [0.717, 1.165) is 37.1 Å². The predicted molar refractivity (Wildman–Crippen MR) is 122 cm³/mol.